The van der Waals surface area contributed by atoms with Gasteiger partial charge in [-0.1, -0.05) is 18.2 Å². The molecule has 0 unspecified atom stereocenters. The van der Waals surface area contributed by atoms with Crippen LogP contribution < -0.4 is 5.43 Å². The van der Waals surface area contributed by atoms with Crippen LogP contribution in [0.1, 0.15) is 6.92 Å². The first-order valence-electron chi connectivity index (χ1n) is 3.22. The summed E-state index contributed by atoms with van der Waals surface area (Å²) in [5, 5.41) is 3.87. The molecule has 0 aliphatic heterocycles. The van der Waals surface area contributed by atoms with Gasteiger partial charge in [0.15, 0.2) is 0 Å². The number of para-hydroxylation sites is 1. The monoisotopic (exact) mass is 158 g/mol. The van der Waals surface area contributed by atoms with Crippen molar-refractivity contribution in [1.82, 2.24) is 0 Å². The summed E-state index contributed by atoms with van der Waals surface area (Å²) in [6.07, 6.45) is 1.72. The normalized spacial score (nSPS) is 9.18. The first-order chi connectivity index (χ1) is 4.93. The summed E-state index contributed by atoms with van der Waals surface area (Å²) in [5.41, 5.74) is 3.88. The fourth-order valence-electron chi connectivity index (χ4n) is 0.652. The molecule has 11 heavy (non-hydrogen) atoms. The molecule has 0 saturated carbocycles. The summed E-state index contributed by atoms with van der Waals surface area (Å²) in [6, 6.07) is 9.84. The van der Waals surface area contributed by atoms with Crippen molar-refractivity contribution in [3.05, 3.63) is 30.3 Å². The van der Waals surface area contributed by atoms with Crippen molar-refractivity contribution in [2.45, 2.75) is 6.92 Å². The third-order valence-corrected chi connectivity index (χ3v) is 1.10. The Labute approximate surface area is 89.0 Å². The topological polar surface area (TPSA) is 24.4 Å². The molecule has 0 amide bonds. The second kappa shape index (κ2) is 6.40. The molecule has 1 aromatic rings. The zero-order valence-corrected chi connectivity index (χ0v) is 5.91. The van der Waals surface area contributed by atoms with Crippen LogP contribution in [-0.4, -0.2) is 35.8 Å². The Kier molecular flexibility index (Phi) is 6.22. The van der Waals surface area contributed by atoms with Crippen molar-refractivity contribution in [1.29, 1.82) is 0 Å². The minimum atomic E-state index is 0. The summed E-state index contributed by atoms with van der Waals surface area (Å²) >= 11 is 0. The van der Waals surface area contributed by atoms with E-state index in [1.807, 2.05) is 37.3 Å². The summed E-state index contributed by atoms with van der Waals surface area (Å²) < 4.78 is 0. The number of hydrogen-bond donors (Lipinski definition) is 1. The van der Waals surface area contributed by atoms with Crippen molar-refractivity contribution >= 4 is 41.5 Å². The Morgan fingerprint density at radius 1 is 1.27 bits per heavy atom. The second-order valence-corrected chi connectivity index (χ2v) is 1.87. The number of hydrogen-bond acceptors (Lipinski definition) is 2. The Hall–Kier alpha value is -0.310. The van der Waals surface area contributed by atoms with Gasteiger partial charge in [-0.3, -0.25) is 5.43 Å². The SMILES string of the molecule is C/C=N\Nc1ccccc1.[NaH]. The van der Waals surface area contributed by atoms with Gasteiger partial charge in [-0.2, -0.15) is 5.10 Å². The molecule has 1 aromatic carbocycles. The molecule has 1 rings (SSSR count). The van der Waals surface area contributed by atoms with E-state index < -0.39 is 0 Å². The fourth-order valence-corrected chi connectivity index (χ4v) is 0.652. The molecule has 0 radical (unpaired) electrons. The van der Waals surface area contributed by atoms with E-state index in [0.717, 1.165) is 5.69 Å². The van der Waals surface area contributed by atoms with Crippen molar-refractivity contribution in [3.8, 4) is 0 Å². The molecular formula is C8H11N2Na. The van der Waals surface area contributed by atoms with Crippen LogP contribution in [0.4, 0.5) is 5.69 Å². The fraction of sp³-hybridized carbons (Fsp3) is 0.125. The maximum atomic E-state index is 3.87. The number of hydrazone groups is 1. The summed E-state index contributed by atoms with van der Waals surface area (Å²) in [6.45, 7) is 1.87. The Morgan fingerprint density at radius 2 is 1.91 bits per heavy atom. The number of nitrogens with one attached hydrogen (secondary N) is 1. The van der Waals surface area contributed by atoms with E-state index >= 15 is 0 Å². The average Bonchev–Trinajstić information content (AvgIpc) is 2.03. The number of anilines is 1. The van der Waals surface area contributed by atoms with Gasteiger partial charge in [0, 0.05) is 6.21 Å². The van der Waals surface area contributed by atoms with E-state index in [1.54, 1.807) is 6.21 Å². The van der Waals surface area contributed by atoms with Gasteiger partial charge < -0.3 is 0 Å². The average molecular weight is 158 g/mol. The predicted molar refractivity (Wildman–Crippen MR) is 51.4 cm³/mol. The van der Waals surface area contributed by atoms with E-state index in [0.29, 0.717) is 0 Å². The van der Waals surface area contributed by atoms with Crippen LogP contribution in [0, 0.1) is 0 Å². The second-order valence-electron chi connectivity index (χ2n) is 1.87. The van der Waals surface area contributed by atoms with Crippen LogP contribution >= 0.6 is 0 Å². The molecule has 3 heteroatoms. The van der Waals surface area contributed by atoms with Gasteiger partial charge in [-0.15, -0.1) is 0 Å². The Morgan fingerprint density at radius 3 is 2.45 bits per heavy atom. The molecule has 0 aliphatic rings. The standard InChI is InChI=1S/C8H10N2.Na.H/c1-2-9-10-8-6-4-3-5-7-8;;/h2-7,10H,1H3;;/b9-2-;;. The number of nitrogens with zero attached hydrogens (tertiary/aromatic N) is 1. The van der Waals surface area contributed by atoms with Crippen molar-refractivity contribution in [2.24, 2.45) is 5.10 Å². The van der Waals surface area contributed by atoms with Crippen molar-refractivity contribution < 1.29 is 0 Å². The van der Waals surface area contributed by atoms with E-state index in [-0.39, 0.29) is 29.6 Å². The maximum absolute atomic E-state index is 3.87. The van der Waals surface area contributed by atoms with Gasteiger partial charge in [0.1, 0.15) is 0 Å². The molecule has 1 N–H and O–H groups in total. The summed E-state index contributed by atoms with van der Waals surface area (Å²) in [7, 11) is 0. The molecule has 0 aromatic heterocycles. The van der Waals surface area contributed by atoms with Crippen LogP contribution in [-0.2, 0) is 0 Å². The third kappa shape index (κ3) is 4.19. The molecule has 0 fully saturated rings. The Bertz CT molecular complexity index is 209. The van der Waals surface area contributed by atoms with Crippen LogP contribution in [0.25, 0.3) is 0 Å². The van der Waals surface area contributed by atoms with E-state index in [4.69, 9.17) is 0 Å². The van der Waals surface area contributed by atoms with Crippen molar-refractivity contribution in [2.75, 3.05) is 5.43 Å². The summed E-state index contributed by atoms with van der Waals surface area (Å²) in [5.74, 6) is 0. The quantitative estimate of drug-likeness (QED) is 0.393. The van der Waals surface area contributed by atoms with Crippen LogP contribution in [0.2, 0.25) is 0 Å². The van der Waals surface area contributed by atoms with Gasteiger partial charge in [-0.05, 0) is 19.1 Å². The molecular weight excluding hydrogens is 147 g/mol. The van der Waals surface area contributed by atoms with Crippen molar-refractivity contribution in [3.63, 3.8) is 0 Å². The van der Waals surface area contributed by atoms with Crippen LogP contribution in [0.5, 0.6) is 0 Å². The molecule has 0 heterocycles. The van der Waals surface area contributed by atoms with Crippen LogP contribution in [0.15, 0.2) is 35.4 Å². The predicted octanol–water partition coefficient (Wildman–Crippen LogP) is 1.46. The number of benzene rings is 1. The Balaban J connectivity index is 0.000001000. The third-order valence-electron chi connectivity index (χ3n) is 1.10. The minimum absolute atomic E-state index is 0. The van der Waals surface area contributed by atoms with Gasteiger partial charge >= 0.3 is 29.6 Å². The molecule has 0 bridgehead atoms. The van der Waals surface area contributed by atoms with Gasteiger partial charge in [0.2, 0.25) is 0 Å². The zero-order chi connectivity index (χ0) is 7.23. The number of rotatable bonds is 2. The summed E-state index contributed by atoms with van der Waals surface area (Å²) in [4.78, 5) is 0. The first-order valence-corrected chi connectivity index (χ1v) is 3.22. The molecule has 0 atom stereocenters. The van der Waals surface area contributed by atoms with E-state index in [2.05, 4.69) is 10.5 Å². The first kappa shape index (κ1) is 10.7. The molecule has 2 nitrogen and oxygen atoms in total. The molecule has 0 spiro atoms. The van der Waals surface area contributed by atoms with Gasteiger partial charge in [0.05, 0.1) is 5.69 Å². The molecule has 54 valence electrons. The van der Waals surface area contributed by atoms with Gasteiger partial charge in [-0.25, -0.2) is 0 Å². The molecule has 0 aliphatic carbocycles. The molecule has 0 saturated heterocycles. The van der Waals surface area contributed by atoms with Gasteiger partial charge in [0.25, 0.3) is 0 Å². The van der Waals surface area contributed by atoms with E-state index in [1.165, 1.54) is 0 Å². The zero-order valence-electron chi connectivity index (χ0n) is 5.91. The van der Waals surface area contributed by atoms with Crippen LogP contribution in [0.3, 0.4) is 0 Å². The van der Waals surface area contributed by atoms with E-state index in [9.17, 15) is 0 Å².